The normalized spacial score (nSPS) is 27.3. The van der Waals surface area contributed by atoms with Gasteiger partial charge in [-0.05, 0) is 48.8 Å². The summed E-state index contributed by atoms with van der Waals surface area (Å²) in [5, 5.41) is 41.1. The van der Waals surface area contributed by atoms with Gasteiger partial charge in [0, 0.05) is 31.2 Å². The predicted molar refractivity (Wildman–Crippen MR) is 140 cm³/mol. The Hall–Kier alpha value is -3.08. The fourth-order valence-electron chi connectivity index (χ4n) is 5.28. The molecule has 0 amide bonds. The molecule has 9 atom stereocenters. The molecule has 1 unspecified atom stereocenters. The second-order valence-corrected chi connectivity index (χ2v) is 10.6. The van der Waals surface area contributed by atoms with Crippen molar-refractivity contribution in [1.82, 2.24) is 4.98 Å². The molecule has 0 saturated carbocycles. The highest BCUT2D eigenvalue weighted by molar-refractivity contribution is 5.91. The number of rotatable bonds is 12. The number of aliphatic hydroxyl groups is 3. The van der Waals surface area contributed by atoms with Crippen LogP contribution in [-0.4, -0.2) is 73.8 Å². The van der Waals surface area contributed by atoms with E-state index in [9.17, 15) is 34.8 Å². The number of carbonyl (C=O) groups excluding carboxylic acids is 2. The van der Waals surface area contributed by atoms with Gasteiger partial charge in [0.15, 0.2) is 0 Å². The molecule has 1 aromatic rings. The van der Waals surface area contributed by atoms with Crippen LogP contribution in [0.4, 0.5) is 0 Å². The number of fused-ring (bicyclic) bond motifs is 1. The lowest BCUT2D eigenvalue weighted by molar-refractivity contribution is -0.159. The van der Waals surface area contributed by atoms with Gasteiger partial charge in [-0.25, -0.2) is 9.59 Å². The summed E-state index contributed by atoms with van der Waals surface area (Å²) in [4.78, 5) is 40.4. The van der Waals surface area contributed by atoms with Crippen LogP contribution in [0.3, 0.4) is 0 Å². The number of hydrogen-bond donors (Lipinski definition) is 4. The van der Waals surface area contributed by atoms with E-state index in [1.54, 1.807) is 13.0 Å². The molecule has 0 bridgehead atoms. The summed E-state index contributed by atoms with van der Waals surface area (Å²) >= 11 is 0. The van der Waals surface area contributed by atoms with Crippen molar-refractivity contribution >= 4 is 17.9 Å². The van der Waals surface area contributed by atoms with E-state index in [0.717, 1.165) is 5.57 Å². The summed E-state index contributed by atoms with van der Waals surface area (Å²) < 4.78 is 10.9. The number of aliphatic carboxylic acids is 1. The molecule has 3 rings (SSSR count). The molecule has 0 aromatic carbocycles. The van der Waals surface area contributed by atoms with Gasteiger partial charge in [0.25, 0.3) is 0 Å². The molecule has 0 aliphatic heterocycles. The zero-order valence-electron chi connectivity index (χ0n) is 22.6. The molecule has 0 spiro atoms. The summed E-state index contributed by atoms with van der Waals surface area (Å²) in [7, 11) is 0. The first-order valence-electron chi connectivity index (χ1n) is 13.5. The summed E-state index contributed by atoms with van der Waals surface area (Å²) in [5.74, 6) is -3.12. The Morgan fingerprint density at radius 1 is 1.23 bits per heavy atom. The fraction of sp³-hybridized carbons (Fsp3) is 0.586. The van der Waals surface area contributed by atoms with Crippen molar-refractivity contribution in [2.75, 3.05) is 0 Å². The molecule has 2 aliphatic carbocycles. The van der Waals surface area contributed by atoms with Crippen molar-refractivity contribution in [3.63, 3.8) is 0 Å². The largest absolute Gasteiger partial charge is 0.478 e. The van der Waals surface area contributed by atoms with Gasteiger partial charge in [0.2, 0.25) is 6.10 Å². The number of pyridine rings is 1. The molecule has 4 N–H and O–H groups in total. The number of esters is 2. The Morgan fingerprint density at radius 3 is 2.62 bits per heavy atom. The van der Waals surface area contributed by atoms with E-state index in [1.807, 2.05) is 26.0 Å². The molecule has 0 radical (unpaired) electrons. The summed E-state index contributed by atoms with van der Waals surface area (Å²) in [5.41, 5.74) is 0.933. The molecule has 1 aromatic heterocycles. The van der Waals surface area contributed by atoms with Gasteiger partial charge in [-0.1, -0.05) is 39.0 Å². The second-order valence-electron chi connectivity index (χ2n) is 10.6. The third-order valence-electron chi connectivity index (χ3n) is 7.73. The van der Waals surface area contributed by atoms with E-state index in [2.05, 4.69) is 4.98 Å². The monoisotopic (exact) mass is 545 g/mol. The van der Waals surface area contributed by atoms with E-state index in [0.29, 0.717) is 12.8 Å². The molecule has 10 heteroatoms. The molecule has 214 valence electrons. The number of ether oxygens (including phenoxy) is 2. The number of carboxylic acids is 1. The zero-order chi connectivity index (χ0) is 28.7. The van der Waals surface area contributed by atoms with Crippen molar-refractivity contribution in [3.05, 3.63) is 53.9 Å². The minimum atomic E-state index is -1.86. The Bertz CT molecular complexity index is 1060. The summed E-state index contributed by atoms with van der Waals surface area (Å²) in [6.07, 6.45) is 3.99. The van der Waals surface area contributed by atoms with Gasteiger partial charge in [-0.3, -0.25) is 9.78 Å². The molecular weight excluding hydrogens is 506 g/mol. The number of aromatic nitrogens is 1. The van der Waals surface area contributed by atoms with Gasteiger partial charge in [0.1, 0.15) is 12.2 Å². The van der Waals surface area contributed by atoms with Crippen LogP contribution in [0, 0.1) is 23.7 Å². The quantitative estimate of drug-likeness (QED) is 0.287. The molecular formula is C29H39NO9. The van der Waals surface area contributed by atoms with Crippen LogP contribution in [0.2, 0.25) is 0 Å². The molecule has 10 nitrogen and oxygen atoms in total. The lowest BCUT2D eigenvalue weighted by Gasteiger charge is -2.43. The number of nitrogens with zero attached hydrogens (tertiary/aromatic N) is 1. The van der Waals surface area contributed by atoms with Crippen molar-refractivity contribution in [2.45, 2.75) is 83.4 Å². The average molecular weight is 546 g/mol. The van der Waals surface area contributed by atoms with Gasteiger partial charge >= 0.3 is 17.9 Å². The highest BCUT2D eigenvalue weighted by Crippen LogP contribution is 2.44. The summed E-state index contributed by atoms with van der Waals surface area (Å²) in [6.45, 7) is 5.75. The summed E-state index contributed by atoms with van der Waals surface area (Å²) in [6, 6.07) is 2.91. The molecule has 1 heterocycles. The van der Waals surface area contributed by atoms with Crippen molar-refractivity contribution in [3.8, 4) is 0 Å². The van der Waals surface area contributed by atoms with Crippen LogP contribution in [0.1, 0.15) is 63.2 Å². The van der Waals surface area contributed by atoms with Crippen molar-refractivity contribution in [1.29, 1.82) is 0 Å². The van der Waals surface area contributed by atoms with Crippen LogP contribution >= 0.6 is 0 Å². The minimum absolute atomic E-state index is 0.0195. The second kappa shape index (κ2) is 13.8. The molecule has 0 fully saturated rings. The molecule has 39 heavy (non-hydrogen) atoms. The smallest absolute Gasteiger partial charge is 0.347 e. The first-order valence-corrected chi connectivity index (χ1v) is 13.5. The lowest BCUT2D eigenvalue weighted by Crippen LogP contribution is -2.43. The minimum Gasteiger partial charge on any atom is -0.478 e. The van der Waals surface area contributed by atoms with Crippen LogP contribution in [-0.2, 0) is 19.1 Å². The van der Waals surface area contributed by atoms with E-state index in [-0.39, 0.29) is 54.5 Å². The zero-order valence-corrected chi connectivity index (χ0v) is 22.6. The number of aliphatic hydroxyl groups excluding tert-OH is 3. The number of allylic oxidation sites excluding steroid dienone is 2. The third kappa shape index (κ3) is 7.97. The molecule has 2 aliphatic rings. The maximum Gasteiger partial charge on any atom is 0.347 e. The number of carbonyl (C=O) groups is 3. The first kappa shape index (κ1) is 30.5. The highest BCUT2D eigenvalue weighted by atomic mass is 16.6. The fourth-order valence-corrected chi connectivity index (χ4v) is 5.28. The van der Waals surface area contributed by atoms with Gasteiger partial charge in [0.05, 0.1) is 23.7 Å². The van der Waals surface area contributed by atoms with Gasteiger partial charge in [-0.15, -0.1) is 0 Å². The Kier molecular flexibility index (Phi) is 10.8. The Morgan fingerprint density at radius 2 is 1.97 bits per heavy atom. The maximum atomic E-state index is 12.6. The van der Waals surface area contributed by atoms with Crippen LogP contribution < -0.4 is 0 Å². The van der Waals surface area contributed by atoms with Crippen LogP contribution in [0.5, 0.6) is 0 Å². The van der Waals surface area contributed by atoms with E-state index >= 15 is 0 Å². The topological polar surface area (TPSA) is 163 Å². The van der Waals surface area contributed by atoms with E-state index in [1.165, 1.54) is 24.5 Å². The molecule has 0 saturated heterocycles. The standard InChI is InChI=1S/C29H39NO9/c1-4-16(2)28(36)38-24-14-21(32)12-18-8-7-17(3)22(25(18)24)10-9-20(31)13-23(33)26(27(34)35)39-29(37)19-6-5-11-30-15-19/h5-8,11-12,15-17,20-26,31-33H,4,9-10,13-14H2,1-3H3,(H,34,35)/t16-,17-,20+,21+,22-,23+,24-,25-,26?/m0/s1. The van der Waals surface area contributed by atoms with E-state index < -0.39 is 42.5 Å². The predicted octanol–water partition coefficient (Wildman–Crippen LogP) is 2.67. The average Bonchev–Trinajstić information content (AvgIpc) is 2.90. The maximum absolute atomic E-state index is 12.6. The van der Waals surface area contributed by atoms with Crippen molar-refractivity contribution < 1.29 is 44.3 Å². The highest BCUT2D eigenvalue weighted by Gasteiger charge is 2.42. The SMILES string of the molecule is CC[C@H](C)C(=O)O[C@H]1C[C@H](O)C=C2C=C[C@H](C)[C@H](CC[C@@H](O)C[C@@H](O)C(OC(=O)c3cccnc3)C(=O)O)[C@H]21. The third-order valence-corrected chi connectivity index (χ3v) is 7.73. The first-order chi connectivity index (χ1) is 18.5. The number of hydrogen-bond acceptors (Lipinski definition) is 9. The van der Waals surface area contributed by atoms with Gasteiger partial charge < -0.3 is 29.9 Å². The van der Waals surface area contributed by atoms with Crippen LogP contribution in [0.15, 0.2) is 48.3 Å². The van der Waals surface area contributed by atoms with Crippen molar-refractivity contribution in [2.24, 2.45) is 23.7 Å². The number of carboxylic acid groups (broad SMARTS) is 1. The van der Waals surface area contributed by atoms with E-state index in [4.69, 9.17) is 9.47 Å². The Balaban J connectivity index is 1.65. The van der Waals surface area contributed by atoms with Gasteiger partial charge in [-0.2, -0.15) is 0 Å². The lowest BCUT2D eigenvalue weighted by atomic mass is 9.66. The Labute approximate surface area is 228 Å². The van der Waals surface area contributed by atoms with Crippen LogP contribution in [0.25, 0.3) is 0 Å².